The third-order valence-electron chi connectivity index (χ3n) is 3.12. The van der Waals surface area contributed by atoms with E-state index in [1.54, 1.807) is 6.34 Å². The van der Waals surface area contributed by atoms with Crippen LogP contribution in [0.2, 0.25) is 0 Å². The Bertz CT molecular complexity index is 346. The van der Waals surface area contributed by atoms with E-state index in [0.717, 1.165) is 18.5 Å². The van der Waals surface area contributed by atoms with E-state index in [-0.39, 0.29) is 6.23 Å². The molecule has 0 saturated heterocycles. The van der Waals surface area contributed by atoms with E-state index < -0.39 is 0 Å². The smallest absolute Gasteiger partial charge is 0.207 e. The van der Waals surface area contributed by atoms with Crippen molar-refractivity contribution in [3.63, 3.8) is 0 Å². The first-order valence-electron chi connectivity index (χ1n) is 5.89. The van der Waals surface area contributed by atoms with Gasteiger partial charge in [0.1, 0.15) is 6.34 Å². The molecule has 0 aromatic heterocycles. The van der Waals surface area contributed by atoms with Crippen molar-refractivity contribution in [1.82, 2.24) is 0 Å². The summed E-state index contributed by atoms with van der Waals surface area (Å²) < 4.78 is 0. The van der Waals surface area contributed by atoms with Gasteiger partial charge in [-0.2, -0.15) is 0 Å². The summed E-state index contributed by atoms with van der Waals surface area (Å²) in [6.45, 7) is 4.39. The molecule has 2 rings (SSSR count). The topological polar surface area (TPSA) is 24.8 Å². The Kier molecular flexibility index (Phi) is 3.44. The first-order valence-corrected chi connectivity index (χ1v) is 5.89. The number of para-hydroxylation sites is 1. The Morgan fingerprint density at radius 1 is 1.25 bits per heavy atom. The van der Waals surface area contributed by atoms with Crippen LogP contribution < -0.4 is 4.90 Å². The van der Waals surface area contributed by atoms with Crippen LogP contribution in [0.15, 0.2) is 35.5 Å². The molecule has 1 aliphatic rings. The molecule has 16 heavy (non-hydrogen) atoms. The highest BCUT2D eigenvalue weighted by molar-refractivity contribution is 5.80. The molecular formula is C13H18N2O. The van der Waals surface area contributed by atoms with Crippen molar-refractivity contribution >= 4 is 12.0 Å². The fourth-order valence-electron chi connectivity index (χ4n) is 2.08. The largest absolute Gasteiger partial charge is 0.368 e. The lowest BCUT2D eigenvalue weighted by Crippen LogP contribution is -2.36. The van der Waals surface area contributed by atoms with Crippen molar-refractivity contribution in [2.75, 3.05) is 4.90 Å². The molecule has 0 bridgehead atoms. The van der Waals surface area contributed by atoms with Gasteiger partial charge in [-0.1, -0.05) is 37.2 Å². The van der Waals surface area contributed by atoms with Crippen molar-refractivity contribution < 1.29 is 4.84 Å². The summed E-state index contributed by atoms with van der Waals surface area (Å²) in [5, 5.41) is 3.94. The van der Waals surface area contributed by atoms with Crippen LogP contribution in [0.1, 0.15) is 26.7 Å². The van der Waals surface area contributed by atoms with E-state index in [2.05, 4.69) is 36.0 Å². The van der Waals surface area contributed by atoms with E-state index in [1.807, 2.05) is 18.2 Å². The molecule has 0 amide bonds. The second-order valence-electron chi connectivity index (χ2n) is 4.04. The maximum Gasteiger partial charge on any atom is 0.207 e. The number of hydrogen-bond acceptors (Lipinski definition) is 3. The molecule has 1 aromatic carbocycles. The van der Waals surface area contributed by atoms with Gasteiger partial charge < -0.3 is 4.84 Å². The third-order valence-corrected chi connectivity index (χ3v) is 3.12. The summed E-state index contributed by atoms with van der Waals surface area (Å²) >= 11 is 0. The molecule has 0 saturated carbocycles. The molecule has 0 spiro atoms. The van der Waals surface area contributed by atoms with Crippen molar-refractivity contribution in [3.8, 4) is 0 Å². The number of benzene rings is 1. The Morgan fingerprint density at radius 3 is 2.56 bits per heavy atom. The lowest BCUT2D eigenvalue weighted by Gasteiger charge is -2.27. The van der Waals surface area contributed by atoms with Gasteiger partial charge in [-0.3, -0.25) is 4.90 Å². The lowest BCUT2D eigenvalue weighted by atomic mass is 10.0. The predicted octanol–water partition coefficient (Wildman–Crippen LogP) is 3.23. The van der Waals surface area contributed by atoms with Gasteiger partial charge in [0.15, 0.2) is 0 Å². The normalized spacial score (nSPS) is 19.2. The predicted molar refractivity (Wildman–Crippen MR) is 66.4 cm³/mol. The molecule has 1 atom stereocenters. The molecule has 1 aromatic rings. The Hall–Kier alpha value is -1.51. The minimum absolute atomic E-state index is 0.0531. The minimum Gasteiger partial charge on any atom is -0.368 e. The van der Waals surface area contributed by atoms with Crippen LogP contribution in [0.3, 0.4) is 0 Å². The molecule has 0 fully saturated rings. The molecule has 1 aliphatic heterocycles. The fourth-order valence-corrected chi connectivity index (χ4v) is 2.08. The van der Waals surface area contributed by atoms with Crippen LogP contribution >= 0.6 is 0 Å². The van der Waals surface area contributed by atoms with Gasteiger partial charge in [0.2, 0.25) is 6.23 Å². The Balaban J connectivity index is 2.17. The number of rotatable bonds is 4. The van der Waals surface area contributed by atoms with Gasteiger partial charge >= 0.3 is 0 Å². The van der Waals surface area contributed by atoms with Crippen LogP contribution in [-0.2, 0) is 4.84 Å². The first-order chi connectivity index (χ1) is 7.86. The van der Waals surface area contributed by atoms with Gasteiger partial charge in [-0.15, -0.1) is 0 Å². The van der Waals surface area contributed by atoms with Gasteiger partial charge in [-0.25, -0.2) is 0 Å². The van der Waals surface area contributed by atoms with E-state index in [0.29, 0.717) is 5.92 Å². The Morgan fingerprint density at radius 2 is 1.94 bits per heavy atom. The summed E-state index contributed by atoms with van der Waals surface area (Å²) in [5.74, 6) is 0.516. The highest BCUT2D eigenvalue weighted by Gasteiger charge is 2.30. The quantitative estimate of drug-likeness (QED) is 0.775. The molecular weight excluding hydrogens is 200 g/mol. The molecule has 1 heterocycles. The fraction of sp³-hybridized carbons (Fsp3) is 0.462. The van der Waals surface area contributed by atoms with Crippen LogP contribution in [0.4, 0.5) is 5.69 Å². The first kappa shape index (κ1) is 11.0. The van der Waals surface area contributed by atoms with E-state index in [9.17, 15) is 0 Å². The van der Waals surface area contributed by atoms with Crippen LogP contribution in [0, 0.1) is 5.92 Å². The standard InChI is InChI=1S/C13H18N2O/c1-3-11(4-2)13-15(10-14-16-13)12-8-6-5-7-9-12/h5-11,13H,3-4H2,1-2H3. The lowest BCUT2D eigenvalue weighted by molar-refractivity contribution is 0.0387. The van der Waals surface area contributed by atoms with Crippen LogP contribution in [0.5, 0.6) is 0 Å². The van der Waals surface area contributed by atoms with Gasteiger partial charge in [0.05, 0.1) is 0 Å². The molecule has 0 aliphatic carbocycles. The zero-order chi connectivity index (χ0) is 11.4. The monoisotopic (exact) mass is 218 g/mol. The van der Waals surface area contributed by atoms with Crippen molar-refractivity contribution in [2.45, 2.75) is 32.9 Å². The number of oxime groups is 1. The summed E-state index contributed by atoms with van der Waals surface area (Å²) in [5.41, 5.74) is 1.14. The van der Waals surface area contributed by atoms with Gasteiger partial charge in [0.25, 0.3) is 0 Å². The maximum atomic E-state index is 5.46. The van der Waals surface area contributed by atoms with Crippen LogP contribution in [-0.4, -0.2) is 12.6 Å². The molecule has 1 unspecified atom stereocenters. The minimum atomic E-state index is 0.0531. The number of anilines is 1. The average Bonchev–Trinajstić information content (AvgIpc) is 2.81. The van der Waals surface area contributed by atoms with Crippen molar-refractivity contribution in [3.05, 3.63) is 30.3 Å². The molecule has 0 N–H and O–H groups in total. The SMILES string of the molecule is CCC(CC)C1ON=CN1c1ccccc1. The highest BCUT2D eigenvalue weighted by atomic mass is 16.7. The maximum absolute atomic E-state index is 5.46. The van der Waals surface area contributed by atoms with Crippen molar-refractivity contribution in [1.29, 1.82) is 0 Å². The summed E-state index contributed by atoms with van der Waals surface area (Å²) in [6.07, 6.45) is 4.04. The molecule has 3 nitrogen and oxygen atoms in total. The molecule has 0 radical (unpaired) electrons. The molecule has 3 heteroatoms. The summed E-state index contributed by atoms with van der Waals surface area (Å²) in [7, 11) is 0. The second kappa shape index (κ2) is 5.01. The summed E-state index contributed by atoms with van der Waals surface area (Å²) in [6, 6.07) is 10.2. The highest BCUT2D eigenvalue weighted by Crippen LogP contribution is 2.27. The average molecular weight is 218 g/mol. The van der Waals surface area contributed by atoms with E-state index in [4.69, 9.17) is 4.84 Å². The van der Waals surface area contributed by atoms with Gasteiger partial charge in [-0.05, 0) is 25.0 Å². The zero-order valence-corrected chi connectivity index (χ0v) is 9.84. The van der Waals surface area contributed by atoms with Crippen molar-refractivity contribution in [2.24, 2.45) is 11.1 Å². The number of hydrogen-bond donors (Lipinski definition) is 0. The number of nitrogens with zero attached hydrogens (tertiary/aromatic N) is 2. The Labute approximate surface area is 96.7 Å². The van der Waals surface area contributed by atoms with E-state index in [1.165, 1.54) is 0 Å². The van der Waals surface area contributed by atoms with E-state index >= 15 is 0 Å². The zero-order valence-electron chi connectivity index (χ0n) is 9.84. The molecule has 86 valence electrons. The third kappa shape index (κ3) is 2.03. The summed E-state index contributed by atoms with van der Waals surface area (Å²) in [4.78, 5) is 7.57. The van der Waals surface area contributed by atoms with Crippen LogP contribution in [0.25, 0.3) is 0 Å². The van der Waals surface area contributed by atoms with Gasteiger partial charge in [0, 0.05) is 11.6 Å². The second-order valence-corrected chi connectivity index (χ2v) is 4.04.